The quantitative estimate of drug-likeness (QED) is 0.756. The van der Waals surface area contributed by atoms with E-state index in [0.717, 1.165) is 19.5 Å². The predicted octanol–water partition coefficient (Wildman–Crippen LogP) is 0.763. The molecule has 2 aliphatic rings. The molecule has 5 heteroatoms. The van der Waals surface area contributed by atoms with Gasteiger partial charge in [-0.15, -0.1) is 0 Å². The highest BCUT2D eigenvalue weighted by molar-refractivity contribution is 5.78. The summed E-state index contributed by atoms with van der Waals surface area (Å²) >= 11 is 0. The zero-order chi connectivity index (χ0) is 14.5. The third kappa shape index (κ3) is 4.43. The number of aliphatic hydroxyl groups is 1. The average Bonchev–Trinajstić information content (AvgIpc) is 2.83. The Kier molecular flexibility index (Phi) is 5.81. The van der Waals surface area contributed by atoms with Crippen molar-refractivity contribution in [2.45, 2.75) is 57.8 Å². The Morgan fingerprint density at radius 1 is 1.45 bits per heavy atom. The van der Waals surface area contributed by atoms with Crippen LogP contribution < -0.4 is 5.32 Å². The number of carbonyl (C=O) groups excluding carboxylic acids is 1. The number of carbonyl (C=O) groups is 1. The van der Waals surface area contributed by atoms with Crippen molar-refractivity contribution < 1.29 is 14.6 Å². The summed E-state index contributed by atoms with van der Waals surface area (Å²) in [6.45, 7) is 6.82. The predicted molar refractivity (Wildman–Crippen MR) is 77.4 cm³/mol. The fourth-order valence-electron chi connectivity index (χ4n) is 3.30. The molecule has 3 atom stereocenters. The van der Waals surface area contributed by atoms with E-state index >= 15 is 0 Å². The van der Waals surface area contributed by atoms with Crippen LogP contribution in [0.1, 0.15) is 39.5 Å². The number of hydrogen-bond acceptors (Lipinski definition) is 4. The highest BCUT2D eigenvalue weighted by Gasteiger charge is 2.35. The first-order chi connectivity index (χ1) is 9.56. The molecule has 116 valence electrons. The summed E-state index contributed by atoms with van der Waals surface area (Å²) in [5, 5.41) is 13.0. The van der Waals surface area contributed by atoms with Crippen molar-refractivity contribution in [2.24, 2.45) is 5.92 Å². The molecule has 2 rings (SSSR count). The van der Waals surface area contributed by atoms with Gasteiger partial charge in [0.15, 0.2) is 0 Å². The largest absolute Gasteiger partial charge is 0.389 e. The van der Waals surface area contributed by atoms with Crippen molar-refractivity contribution in [3.8, 4) is 0 Å². The highest BCUT2D eigenvalue weighted by Crippen LogP contribution is 2.27. The SMILES string of the molecule is CC(C)OCC(O)CN1CCCCC1C1CNC(=O)C1. The van der Waals surface area contributed by atoms with Gasteiger partial charge in [0, 0.05) is 31.5 Å². The van der Waals surface area contributed by atoms with E-state index in [2.05, 4.69) is 10.2 Å². The maximum absolute atomic E-state index is 11.4. The van der Waals surface area contributed by atoms with Gasteiger partial charge in [-0.25, -0.2) is 0 Å². The molecule has 2 saturated heterocycles. The van der Waals surface area contributed by atoms with Gasteiger partial charge >= 0.3 is 0 Å². The van der Waals surface area contributed by atoms with E-state index in [1.54, 1.807) is 0 Å². The number of aliphatic hydroxyl groups excluding tert-OH is 1. The lowest BCUT2D eigenvalue weighted by molar-refractivity contribution is -0.119. The number of nitrogens with zero attached hydrogens (tertiary/aromatic N) is 1. The van der Waals surface area contributed by atoms with Crippen LogP contribution in [-0.2, 0) is 9.53 Å². The summed E-state index contributed by atoms with van der Waals surface area (Å²) in [4.78, 5) is 13.8. The zero-order valence-electron chi connectivity index (χ0n) is 12.7. The van der Waals surface area contributed by atoms with Crippen molar-refractivity contribution in [2.75, 3.05) is 26.2 Å². The van der Waals surface area contributed by atoms with Crippen LogP contribution in [0.25, 0.3) is 0 Å². The maximum Gasteiger partial charge on any atom is 0.220 e. The first-order valence-corrected chi connectivity index (χ1v) is 7.86. The van der Waals surface area contributed by atoms with Crippen LogP contribution in [0, 0.1) is 5.92 Å². The van der Waals surface area contributed by atoms with E-state index in [-0.39, 0.29) is 12.0 Å². The van der Waals surface area contributed by atoms with Crippen molar-refractivity contribution in [1.29, 1.82) is 0 Å². The lowest BCUT2D eigenvalue weighted by Crippen LogP contribution is -2.48. The molecule has 0 bridgehead atoms. The summed E-state index contributed by atoms with van der Waals surface area (Å²) in [6, 6.07) is 0.427. The van der Waals surface area contributed by atoms with E-state index < -0.39 is 6.10 Å². The van der Waals surface area contributed by atoms with Crippen LogP contribution in [-0.4, -0.2) is 60.4 Å². The van der Waals surface area contributed by atoms with Crippen molar-refractivity contribution in [3.63, 3.8) is 0 Å². The molecule has 0 aromatic heterocycles. The van der Waals surface area contributed by atoms with Gasteiger partial charge in [0.2, 0.25) is 5.91 Å². The molecule has 2 heterocycles. The molecular weight excluding hydrogens is 256 g/mol. The number of rotatable bonds is 6. The first-order valence-electron chi connectivity index (χ1n) is 7.86. The number of amides is 1. The lowest BCUT2D eigenvalue weighted by atomic mass is 9.89. The van der Waals surface area contributed by atoms with Crippen LogP contribution in [0.5, 0.6) is 0 Å². The highest BCUT2D eigenvalue weighted by atomic mass is 16.5. The summed E-state index contributed by atoms with van der Waals surface area (Å²) < 4.78 is 5.48. The third-order valence-electron chi connectivity index (χ3n) is 4.28. The van der Waals surface area contributed by atoms with Crippen molar-refractivity contribution >= 4 is 5.91 Å². The Hall–Kier alpha value is -0.650. The molecule has 2 N–H and O–H groups in total. The van der Waals surface area contributed by atoms with E-state index in [0.29, 0.717) is 31.5 Å². The molecule has 0 radical (unpaired) electrons. The maximum atomic E-state index is 11.4. The number of piperidine rings is 1. The van der Waals surface area contributed by atoms with Crippen LogP contribution in [0.2, 0.25) is 0 Å². The smallest absolute Gasteiger partial charge is 0.220 e. The molecule has 0 aromatic rings. The van der Waals surface area contributed by atoms with E-state index in [1.165, 1.54) is 12.8 Å². The average molecular weight is 284 g/mol. The van der Waals surface area contributed by atoms with Crippen LogP contribution >= 0.6 is 0 Å². The van der Waals surface area contributed by atoms with E-state index in [9.17, 15) is 9.90 Å². The fraction of sp³-hybridized carbons (Fsp3) is 0.933. The number of nitrogens with one attached hydrogen (secondary N) is 1. The van der Waals surface area contributed by atoms with Gasteiger partial charge in [0.1, 0.15) is 0 Å². The lowest BCUT2D eigenvalue weighted by Gasteiger charge is -2.39. The Bertz CT molecular complexity index is 322. The Morgan fingerprint density at radius 3 is 2.90 bits per heavy atom. The Morgan fingerprint density at radius 2 is 2.25 bits per heavy atom. The standard InChI is InChI=1S/C15H28N2O3/c1-11(2)20-10-13(18)9-17-6-4-3-5-14(17)12-7-15(19)16-8-12/h11-14,18H,3-10H2,1-2H3,(H,16,19). The number of ether oxygens (including phenoxy) is 1. The molecule has 5 nitrogen and oxygen atoms in total. The van der Waals surface area contributed by atoms with E-state index in [1.807, 2.05) is 13.8 Å². The molecular formula is C15H28N2O3. The second kappa shape index (κ2) is 7.38. The minimum Gasteiger partial charge on any atom is -0.389 e. The van der Waals surface area contributed by atoms with Gasteiger partial charge in [-0.1, -0.05) is 6.42 Å². The molecule has 20 heavy (non-hydrogen) atoms. The number of β-amino-alcohol motifs (C(OH)–C–C–N with tert-alkyl or cyclic N) is 1. The fourth-order valence-corrected chi connectivity index (χ4v) is 3.30. The summed E-state index contributed by atoms with van der Waals surface area (Å²) in [5.41, 5.74) is 0. The normalized spacial score (nSPS) is 29.7. The van der Waals surface area contributed by atoms with Crippen LogP contribution in [0.4, 0.5) is 0 Å². The third-order valence-corrected chi connectivity index (χ3v) is 4.28. The summed E-state index contributed by atoms with van der Waals surface area (Å²) in [6.07, 6.45) is 3.89. The topological polar surface area (TPSA) is 61.8 Å². The monoisotopic (exact) mass is 284 g/mol. The molecule has 2 fully saturated rings. The van der Waals surface area contributed by atoms with Gasteiger partial charge in [-0.2, -0.15) is 0 Å². The second-order valence-electron chi connectivity index (χ2n) is 6.36. The van der Waals surface area contributed by atoms with Gasteiger partial charge in [0.25, 0.3) is 0 Å². The first kappa shape index (κ1) is 15.7. The Balaban J connectivity index is 1.85. The molecule has 0 saturated carbocycles. The number of likely N-dealkylation sites (tertiary alicyclic amines) is 1. The molecule has 0 spiro atoms. The summed E-state index contributed by atoms with van der Waals surface area (Å²) in [7, 11) is 0. The van der Waals surface area contributed by atoms with Gasteiger partial charge in [0.05, 0.1) is 18.8 Å². The summed E-state index contributed by atoms with van der Waals surface area (Å²) in [5.74, 6) is 0.574. The Labute approximate surface area is 121 Å². The minimum absolute atomic E-state index is 0.151. The van der Waals surface area contributed by atoms with Crippen LogP contribution in [0.3, 0.4) is 0 Å². The van der Waals surface area contributed by atoms with Crippen molar-refractivity contribution in [3.05, 3.63) is 0 Å². The molecule has 3 unspecified atom stereocenters. The van der Waals surface area contributed by atoms with Gasteiger partial charge in [-0.05, 0) is 33.2 Å². The van der Waals surface area contributed by atoms with Gasteiger partial charge in [-0.3, -0.25) is 9.69 Å². The molecule has 0 aliphatic carbocycles. The zero-order valence-corrected chi connectivity index (χ0v) is 12.7. The molecule has 2 aliphatic heterocycles. The van der Waals surface area contributed by atoms with Gasteiger partial charge < -0.3 is 15.2 Å². The minimum atomic E-state index is -0.442. The second-order valence-corrected chi connectivity index (χ2v) is 6.36. The molecule has 1 amide bonds. The molecule has 0 aromatic carbocycles. The van der Waals surface area contributed by atoms with E-state index in [4.69, 9.17) is 4.74 Å². The van der Waals surface area contributed by atoms with Crippen molar-refractivity contribution in [1.82, 2.24) is 10.2 Å². The van der Waals surface area contributed by atoms with Crippen LogP contribution in [0.15, 0.2) is 0 Å². The number of hydrogen-bond donors (Lipinski definition) is 2.